The summed E-state index contributed by atoms with van der Waals surface area (Å²) in [5, 5.41) is 5.85. The zero-order chi connectivity index (χ0) is 31.2. The summed E-state index contributed by atoms with van der Waals surface area (Å²) < 4.78 is 50.5. The summed E-state index contributed by atoms with van der Waals surface area (Å²) in [6.07, 6.45) is 2.16. The molecule has 0 spiro atoms. The number of amides is 1. The third-order valence-corrected chi connectivity index (χ3v) is 7.42. The molecular formula is C32H45F2N3O6. The zero-order valence-corrected chi connectivity index (χ0v) is 25.3. The Morgan fingerprint density at radius 2 is 1.74 bits per heavy atom. The van der Waals surface area contributed by atoms with Gasteiger partial charge in [-0.2, -0.15) is 0 Å². The van der Waals surface area contributed by atoms with E-state index in [1.807, 2.05) is 25.1 Å². The van der Waals surface area contributed by atoms with Crippen LogP contribution in [-0.2, 0) is 43.1 Å². The predicted octanol–water partition coefficient (Wildman–Crippen LogP) is 4.54. The van der Waals surface area contributed by atoms with Gasteiger partial charge in [-0.1, -0.05) is 44.5 Å². The van der Waals surface area contributed by atoms with Crippen molar-refractivity contribution < 1.29 is 37.3 Å². The molecule has 43 heavy (non-hydrogen) atoms. The number of ether oxygens (including phenoxy) is 4. The van der Waals surface area contributed by atoms with Gasteiger partial charge in [-0.3, -0.25) is 0 Å². The molecule has 0 aliphatic carbocycles. The van der Waals surface area contributed by atoms with Gasteiger partial charge in [0.05, 0.1) is 20.3 Å². The number of carbonyl (C=O) groups is 2. The molecule has 11 heteroatoms. The summed E-state index contributed by atoms with van der Waals surface area (Å²) in [4.78, 5) is 25.9. The van der Waals surface area contributed by atoms with Crippen LogP contribution in [0.1, 0.15) is 62.6 Å². The molecule has 0 bridgehead atoms. The molecule has 0 unspecified atom stereocenters. The Morgan fingerprint density at radius 3 is 2.40 bits per heavy atom. The maximum atomic E-state index is 13.9. The summed E-state index contributed by atoms with van der Waals surface area (Å²) in [7, 11) is 1.20. The van der Waals surface area contributed by atoms with Gasteiger partial charge in [0.15, 0.2) is 5.79 Å². The number of benzene rings is 2. The maximum absolute atomic E-state index is 13.9. The molecule has 1 amide bonds. The van der Waals surface area contributed by atoms with E-state index >= 15 is 0 Å². The number of alkyl carbamates (subject to hydrolysis) is 1. The van der Waals surface area contributed by atoms with Crippen LogP contribution in [0, 0.1) is 11.6 Å². The van der Waals surface area contributed by atoms with Gasteiger partial charge in [0.1, 0.15) is 23.8 Å². The van der Waals surface area contributed by atoms with Crippen LogP contribution in [0.5, 0.6) is 0 Å². The molecule has 0 aromatic heterocycles. The number of halogens is 2. The average molecular weight is 606 g/mol. The maximum Gasteiger partial charge on any atom is 0.407 e. The number of aryl methyl sites for hydroxylation is 1. The van der Waals surface area contributed by atoms with E-state index in [9.17, 15) is 18.4 Å². The standard InChI is InChI=1S/C32H45F2N3O6/c1-4-6-11-32(41-12-8-13-42-32)19-28(37-31(39)40-3)30(38)43-29(21-36-20-23-10-7-9-22(5-2)14-23)27(35)17-24-15-25(33)18-26(34)16-24/h7,9-10,14-16,18,27-29,36H,4-6,8,11-13,17,19-21,35H2,1-3H3,(H,37,39)/t27-,28+,29+/m0/s1. The van der Waals surface area contributed by atoms with Gasteiger partial charge < -0.3 is 35.3 Å². The van der Waals surface area contributed by atoms with Crippen molar-refractivity contribution in [2.24, 2.45) is 5.73 Å². The van der Waals surface area contributed by atoms with Crippen molar-refractivity contribution in [2.45, 2.75) is 89.3 Å². The minimum Gasteiger partial charge on any atom is -0.458 e. The largest absolute Gasteiger partial charge is 0.458 e. The first kappa shape index (κ1) is 34.4. The van der Waals surface area contributed by atoms with E-state index < -0.39 is 47.7 Å². The molecule has 1 heterocycles. The predicted molar refractivity (Wildman–Crippen MR) is 158 cm³/mol. The van der Waals surface area contributed by atoms with Crippen LogP contribution in [0.3, 0.4) is 0 Å². The fourth-order valence-electron chi connectivity index (χ4n) is 5.10. The molecule has 3 rings (SSSR count). The second kappa shape index (κ2) is 17.2. The Hall–Kier alpha value is -3.12. The van der Waals surface area contributed by atoms with Crippen LogP contribution in [0.4, 0.5) is 13.6 Å². The Kier molecular flexibility index (Phi) is 13.8. The first-order chi connectivity index (χ1) is 20.7. The van der Waals surface area contributed by atoms with E-state index in [0.717, 1.165) is 37.3 Å². The Balaban J connectivity index is 1.80. The molecular weight excluding hydrogens is 560 g/mol. The monoisotopic (exact) mass is 605 g/mol. The van der Waals surface area contributed by atoms with E-state index in [1.54, 1.807) is 0 Å². The Morgan fingerprint density at radius 1 is 1.05 bits per heavy atom. The molecule has 1 saturated heterocycles. The van der Waals surface area contributed by atoms with Crippen LogP contribution < -0.4 is 16.4 Å². The number of rotatable bonds is 16. The van der Waals surface area contributed by atoms with Gasteiger partial charge in [0.2, 0.25) is 0 Å². The lowest BCUT2D eigenvalue weighted by Gasteiger charge is -2.39. The molecule has 2 aromatic carbocycles. The Bertz CT molecular complexity index is 1160. The summed E-state index contributed by atoms with van der Waals surface area (Å²) in [6, 6.07) is 9.28. The highest BCUT2D eigenvalue weighted by molar-refractivity contribution is 5.81. The third kappa shape index (κ3) is 11.1. The minimum absolute atomic E-state index is 0.00916. The molecule has 1 aliphatic heterocycles. The van der Waals surface area contributed by atoms with Gasteiger partial charge in [-0.15, -0.1) is 0 Å². The van der Waals surface area contributed by atoms with Crippen molar-refractivity contribution in [3.8, 4) is 0 Å². The number of unbranched alkanes of at least 4 members (excludes halogenated alkanes) is 1. The Labute approximate surface area is 252 Å². The number of nitrogens with two attached hydrogens (primary N) is 1. The molecule has 2 aromatic rings. The van der Waals surface area contributed by atoms with E-state index in [0.29, 0.717) is 31.7 Å². The molecule has 4 N–H and O–H groups in total. The van der Waals surface area contributed by atoms with E-state index in [-0.39, 0.29) is 19.4 Å². The van der Waals surface area contributed by atoms with Gasteiger partial charge >= 0.3 is 12.1 Å². The lowest BCUT2D eigenvalue weighted by molar-refractivity contribution is -0.276. The lowest BCUT2D eigenvalue weighted by atomic mass is 9.98. The number of methoxy groups -OCH3 is 1. The first-order valence-corrected chi connectivity index (χ1v) is 15.0. The number of esters is 1. The van der Waals surface area contributed by atoms with Crippen molar-refractivity contribution in [2.75, 3.05) is 26.9 Å². The van der Waals surface area contributed by atoms with Crippen molar-refractivity contribution in [1.82, 2.24) is 10.6 Å². The molecule has 3 atom stereocenters. The van der Waals surface area contributed by atoms with Crippen LogP contribution >= 0.6 is 0 Å². The van der Waals surface area contributed by atoms with Gasteiger partial charge in [0.25, 0.3) is 0 Å². The molecule has 9 nitrogen and oxygen atoms in total. The van der Waals surface area contributed by atoms with Crippen LogP contribution in [0.25, 0.3) is 0 Å². The fraction of sp³-hybridized carbons (Fsp3) is 0.562. The van der Waals surface area contributed by atoms with Gasteiger partial charge in [-0.25, -0.2) is 18.4 Å². The van der Waals surface area contributed by atoms with E-state index in [4.69, 9.17) is 24.7 Å². The SMILES string of the molecule is CCCCC1(C[C@@H](NC(=O)OC)C(=O)O[C@H](CNCc2cccc(CC)c2)[C@@H](N)Cc2cc(F)cc(F)c2)OCCCO1. The topological polar surface area (TPSA) is 121 Å². The third-order valence-electron chi connectivity index (χ3n) is 7.42. The smallest absolute Gasteiger partial charge is 0.407 e. The first-order valence-electron chi connectivity index (χ1n) is 15.0. The van der Waals surface area contributed by atoms with Crippen molar-refractivity contribution in [3.63, 3.8) is 0 Å². The van der Waals surface area contributed by atoms with E-state index in [1.165, 1.54) is 24.8 Å². The molecule has 0 saturated carbocycles. The second-order valence-electron chi connectivity index (χ2n) is 10.9. The molecule has 1 fully saturated rings. The zero-order valence-electron chi connectivity index (χ0n) is 25.3. The lowest BCUT2D eigenvalue weighted by Crippen LogP contribution is -2.53. The minimum atomic E-state index is -1.16. The van der Waals surface area contributed by atoms with Gasteiger partial charge in [-0.05, 0) is 54.5 Å². The molecule has 1 aliphatic rings. The van der Waals surface area contributed by atoms with Gasteiger partial charge in [0, 0.05) is 38.0 Å². The summed E-state index contributed by atoms with van der Waals surface area (Å²) in [5.74, 6) is -3.27. The highest BCUT2D eigenvalue weighted by Crippen LogP contribution is 2.31. The number of nitrogens with one attached hydrogen (secondary N) is 2. The highest BCUT2D eigenvalue weighted by atomic mass is 19.1. The highest BCUT2D eigenvalue weighted by Gasteiger charge is 2.41. The van der Waals surface area contributed by atoms with Crippen molar-refractivity contribution in [1.29, 1.82) is 0 Å². The fourth-order valence-corrected chi connectivity index (χ4v) is 5.10. The van der Waals surface area contributed by atoms with Crippen molar-refractivity contribution in [3.05, 3.63) is 70.8 Å². The van der Waals surface area contributed by atoms with Crippen LogP contribution in [0.15, 0.2) is 42.5 Å². The normalized spacial score (nSPS) is 16.6. The number of hydrogen-bond acceptors (Lipinski definition) is 8. The second-order valence-corrected chi connectivity index (χ2v) is 10.9. The van der Waals surface area contributed by atoms with E-state index in [2.05, 4.69) is 23.6 Å². The quantitative estimate of drug-likeness (QED) is 0.239. The average Bonchev–Trinajstić information content (AvgIpc) is 2.99. The van der Waals surface area contributed by atoms with Crippen molar-refractivity contribution >= 4 is 12.1 Å². The summed E-state index contributed by atoms with van der Waals surface area (Å²) >= 11 is 0. The number of carbonyl (C=O) groups excluding carboxylic acids is 2. The summed E-state index contributed by atoms with van der Waals surface area (Å²) in [6.45, 7) is 5.67. The summed E-state index contributed by atoms with van der Waals surface area (Å²) in [5.41, 5.74) is 9.06. The van der Waals surface area contributed by atoms with Crippen LogP contribution in [-0.4, -0.2) is 62.9 Å². The molecule has 238 valence electrons. The van der Waals surface area contributed by atoms with Crippen LogP contribution in [0.2, 0.25) is 0 Å². The number of hydrogen-bond donors (Lipinski definition) is 3. The molecule has 0 radical (unpaired) electrons.